The van der Waals surface area contributed by atoms with E-state index in [0.717, 1.165) is 0 Å². The largest absolute Gasteiger partial charge is 0.507 e. The summed E-state index contributed by atoms with van der Waals surface area (Å²) in [5, 5.41) is 11.0. The molecular formula is C29H29FN2O5. The highest BCUT2D eigenvalue weighted by molar-refractivity contribution is 5.83. The molecule has 5 rings (SSSR count). The Bertz CT molecular complexity index is 1480. The lowest BCUT2D eigenvalue weighted by Crippen LogP contribution is -2.46. The molecule has 1 saturated heterocycles. The minimum atomic E-state index is -0.323. The van der Waals surface area contributed by atoms with Gasteiger partial charge < -0.3 is 23.9 Å². The molecule has 0 radical (unpaired) electrons. The second-order valence-corrected chi connectivity index (χ2v) is 8.95. The lowest BCUT2D eigenvalue weighted by molar-refractivity contribution is 0.246. The number of hydrogen-bond acceptors (Lipinski definition) is 7. The fourth-order valence-corrected chi connectivity index (χ4v) is 4.66. The van der Waals surface area contributed by atoms with Crippen molar-refractivity contribution in [3.63, 3.8) is 0 Å². The fraction of sp³-hybridized carbons (Fsp3) is 0.276. The molecule has 1 aliphatic rings. The Morgan fingerprint density at radius 2 is 1.68 bits per heavy atom. The molecule has 3 aromatic carbocycles. The number of fused-ring (bicyclic) bond motifs is 1. The van der Waals surface area contributed by atoms with E-state index in [2.05, 4.69) is 4.90 Å². The average Bonchev–Trinajstić information content (AvgIpc) is 2.90. The van der Waals surface area contributed by atoms with Gasteiger partial charge in [0.25, 0.3) is 0 Å². The van der Waals surface area contributed by atoms with Gasteiger partial charge in [0.1, 0.15) is 22.9 Å². The van der Waals surface area contributed by atoms with E-state index in [9.17, 15) is 14.3 Å². The van der Waals surface area contributed by atoms with E-state index in [1.807, 2.05) is 24.0 Å². The molecule has 1 N–H and O–H groups in total. The SMILES string of the molecule is CCOc1ccccc1Oc1c(C)oc2c(CN3CCN(c4ccccc4F)CC3)c(O)ccc2c1=O. The van der Waals surface area contributed by atoms with Crippen molar-refractivity contribution in [1.29, 1.82) is 0 Å². The van der Waals surface area contributed by atoms with Crippen molar-refractivity contribution >= 4 is 16.7 Å². The Morgan fingerprint density at radius 3 is 2.41 bits per heavy atom. The first kappa shape index (κ1) is 24.6. The van der Waals surface area contributed by atoms with E-state index >= 15 is 0 Å². The lowest BCUT2D eigenvalue weighted by atomic mass is 10.1. The van der Waals surface area contributed by atoms with Crippen LogP contribution in [0.4, 0.5) is 10.1 Å². The molecule has 8 heteroatoms. The molecule has 1 aromatic heterocycles. The number of aryl methyl sites for hydroxylation is 1. The number of anilines is 1. The van der Waals surface area contributed by atoms with E-state index in [1.54, 1.807) is 43.3 Å². The molecule has 0 bridgehead atoms. The number of para-hydroxylation sites is 3. The van der Waals surface area contributed by atoms with Crippen molar-refractivity contribution in [2.24, 2.45) is 0 Å². The Hall–Kier alpha value is -4.04. The van der Waals surface area contributed by atoms with Crippen LogP contribution in [-0.4, -0.2) is 42.8 Å². The zero-order valence-corrected chi connectivity index (χ0v) is 20.9. The van der Waals surface area contributed by atoms with Crippen molar-refractivity contribution in [2.75, 3.05) is 37.7 Å². The first-order valence-electron chi connectivity index (χ1n) is 12.4. The maximum Gasteiger partial charge on any atom is 0.235 e. The Labute approximate surface area is 214 Å². The van der Waals surface area contributed by atoms with Crippen molar-refractivity contribution < 1.29 is 23.4 Å². The van der Waals surface area contributed by atoms with Crippen LogP contribution < -0.4 is 19.8 Å². The van der Waals surface area contributed by atoms with E-state index in [4.69, 9.17) is 13.9 Å². The standard InChI is InChI=1S/C29H29FN2O5/c1-3-35-25-10-6-7-11-26(25)37-28-19(2)36-29-20(27(28)34)12-13-24(33)21(29)18-31-14-16-32(17-15-31)23-9-5-4-8-22(23)30/h4-13,33H,3,14-18H2,1-2H3. The molecule has 7 nitrogen and oxygen atoms in total. The van der Waals surface area contributed by atoms with Crippen LogP contribution >= 0.6 is 0 Å². The van der Waals surface area contributed by atoms with E-state index in [-0.39, 0.29) is 22.7 Å². The number of halogens is 1. The summed E-state index contributed by atoms with van der Waals surface area (Å²) < 4.78 is 31.9. The summed E-state index contributed by atoms with van der Waals surface area (Å²) in [4.78, 5) is 17.6. The number of rotatable bonds is 7. The minimum Gasteiger partial charge on any atom is -0.507 e. The van der Waals surface area contributed by atoms with Crippen molar-refractivity contribution in [2.45, 2.75) is 20.4 Å². The Morgan fingerprint density at radius 1 is 0.973 bits per heavy atom. The number of nitrogens with zero attached hydrogens (tertiary/aromatic N) is 2. The van der Waals surface area contributed by atoms with Gasteiger partial charge in [-0.05, 0) is 50.2 Å². The maximum absolute atomic E-state index is 14.2. The number of hydrogen-bond donors (Lipinski definition) is 1. The molecule has 2 heterocycles. The first-order chi connectivity index (χ1) is 18.0. The summed E-state index contributed by atoms with van der Waals surface area (Å²) >= 11 is 0. The van der Waals surface area contributed by atoms with Gasteiger partial charge in [0.15, 0.2) is 11.5 Å². The molecule has 37 heavy (non-hydrogen) atoms. The summed E-state index contributed by atoms with van der Waals surface area (Å²) in [5.41, 5.74) is 1.15. The number of phenolic OH excluding ortho intramolecular Hbond substituents is 1. The topological polar surface area (TPSA) is 75.4 Å². The number of benzene rings is 3. The van der Waals surface area contributed by atoms with Gasteiger partial charge in [-0.1, -0.05) is 24.3 Å². The normalized spacial score (nSPS) is 14.2. The van der Waals surface area contributed by atoms with Crippen LogP contribution in [0.3, 0.4) is 0 Å². The van der Waals surface area contributed by atoms with Crippen LogP contribution in [-0.2, 0) is 6.54 Å². The van der Waals surface area contributed by atoms with Gasteiger partial charge >= 0.3 is 0 Å². The van der Waals surface area contributed by atoms with Crippen LogP contribution in [0.15, 0.2) is 69.9 Å². The fourth-order valence-electron chi connectivity index (χ4n) is 4.66. The molecular weight excluding hydrogens is 475 g/mol. The molecule has 4 aromatic rings. The highest BCUT2D eigenvalue weighted by atomic mass is 19.1. The zero-order chi connectivity index (χ0) is 25.9. The average molecular weight is 505 g/mol. The van der Waals surface area contributed by atoms with Gasteiger partial charge in [-0.2, -0.15) is 0 Å². The smallest absolute Gasteiger partial charge is 0.235 e. The Kier molecular flexibility index (Phi) is 7.01. The summed E-state index contributed by atoms with van der Waals surface area (Å²) in [7, 11) is 0. The van der Waals surface area contributed by atoms with Crippen molar-refractivity contribution in [1.82, 2.24) is 4.90 Å². The van der Waals surface area contributed by atoms with Crippen LogP contribution in [0.5, 0.6) is 23.0 Å². The van der Waals surface area contributed by atoms with E-state index in [0.29, 0.717) is 78.8 Å². The van der Waals surface area contributed by atoms with Gasteiger partial charge in [0, 0.05) is 32.7 Å². The second-order valence-electron chi connectivity index (χ2n) is 8.95. The van der Waals surface area contributed by atoms with Gasteiger partial charge in [-0.25, -0.2) is 4.39 Å². The third-order valence-corrected chi connectivity index (χ3v) is 6.57. The third-order valence-electron chi connectivity index (χ3n) is 6.57. The molecule has 1 aliphatic heterocycles. The van der Waals surface area contributed by atoms with Crippen LogP contribution in [0.25, 0.3) is 11.0 Å². The van der Waals surface area contributed by atoms with Crippen LogP contribution in [0.2, 0.25) is 0 Å². The number of phenols is 1. The maximum atomic E-state index is 14.2. The highest BCUT2D eigenvalue weighted by Gasteiger charge is 2.24. The monoisotopic (exact) mass is 504 g/mol. The molecule has 0 unspecified atom stereocenters. The predicted octanol–water partition coefficient (Wildman–Crippen LogP) is 5.46. The van der Waals surface area contributed by atoms with Crippen LogP contribution in [0.1, 0.15) is 18.2 Å². The number of piperazine rings is 1. The van der Waals surface area contributed by atoms with E-state index < -0.39 is 0 Å². The summed E-state index contributed by atoms with van der Waals surface area (Å²) in [6, 6.07) is 17.0. The molecule has 0 spiro atoms. The quantitative estimate of drug-likeness (QED) is 0.358. The molecule has 192 valence electrons. The highest BCUT2D eigenvalue weighted by Crippen LogP contribution is 2.35. The molecule has 0 saturated carbocycles. The molecule has 1 fully saturated rings. The first-order valence-corrected chi connectivity index (χ1v) is 12.4. The summed E-state index contributed by atoms with van der Waals surface area (Å²) in [6.45, 7) is 7.03. The number of aromatic hydroxyl groups is 1. The number of ether oxygens (including phenoxy) is 2. The third kappa shape index (κ3) is 4.97. The molecule has 0 amide bonds. The lowest BCUT2D eigenvalue weighted by Gasteiger charge is -2.36. The Balaban J connectivity index is 1.41. The minimum absolute atomic E-state index is 0.0574. The molecule has 0 aliphatic carbocycles. The second kappa shape index (κ2) is 10.5. The van der Waals surface area contributed by atoms with Crippen LogP contribution in [0, 0.1) is 12.7 Å². The summed E-state index contributed by atoms with van der Waals surface area (Å²) in [5.74, 6) is 1.16. The molecule has 0 atom stereocenters. The zero-order valence-electron chi connectivity index (χ0n) is 20.9. The van der Waals surface area contributed by atoms with Gasteiger partial charge in [0.2, 0.25) is 11.2 Å². The van der Waals surface area contributed by atoms with Gasteiger partial charge in [0.05, 0.1) is 23.2 Å². The van der Waals surface area contributed by atoms with Gasteiger partial charge in [-0.3, -0.25) is 9.69 Å². The van der Waals surface area contributed by atoms with E-state index in [1.165, 1.54) is 12.1 Å². The van der Waals surface area contributed by atoms with Gasteiger partial charge in [-0.15, -0.1) is 0 Å². The summed E-state index contributed by atoms with van der Waals surface area (Å²) in [6.07, 6.45) is 0. The predicted molar refractivity (Wildman–Crippen MR) is 140 cm³/mol. The van der Waals surface area contributed by atoms with Crippen molar-refractivity contribution in [3.8, 4) is 23.0 Å². The van der Waals surface area contributed by atoms with Crippen molar-refractivity contribution in [3.05, 3.63) is 88.0 Å².